The molecule has 0 saturated carbocycles. The molecule has 3 aromatic heterocycles. The maximum absolute atomic E-state index is 12.1. The van der Waals surface area contributed by atoms with Gasteiger partial charge in [-0.15, -0.1) is 0 Å². The highest BCUT2D eigenvalue weighted by Gasteiger charge is 2.40. The third-order valence-corrected chi connectivity index (χ3v) is 6.30. The van der Waals surface area contributed by atoms with Crippen LogP contribution in [0, 0.1) is 0 Å². The number of hydrogen-bond acceptors (Lipinski definition) is 9. The number of carbonyl (C=O) groups is 2. The Hall–Kier alpha value is -3.71. The molecule has 5 N–H and O–H groups in total. The van der Waals surface area contributed by atoms with Crippen molar-refractivity contribution in [2.24, 2.45) is 5.73 Å². The normalized spacial score (nSPS) is 16.0. The molecule has 2 atom stereocenters. The Balaban J connectivity index is 1.84. The molecule has 0 radical (unpaired) electrons. The van der Waals surface area contributed by atoms with Crippen molar-refractivity contribution in [3.8, 4) is 0 Å². The van der Waals surface area contributed by atoms with Crippen molar-refractivity contribution in [3.63, 3.8) is 0 Å². The smallest absolute Gasteiger partial charge is 0.338 e. The number of carbonyl (C=O) groups excluding carboxylic acids is 1. The number of carboxylic acids is 1. The molecule has 1 aliphatic rings. The molecular formula is C20H20N6O5S2. The Kier molecular flexibility index (Phi) is 5.91. The van der Waals surface area contributed by atoms with Crippen molar-refractivity contribution in [2.45, 2.75) is 18.6 Å². The van der Waals surface area contributed by atoms with E-state index in [1.165, 1.54) is 35.9 Å². The second kappa shape index (κ2) is 8.67. The maximum atomic E-state index is 12.1. The summed E-state index contributed by atoms with van der Waals surface area (Å²) in [6, 6.07) is 5.66. The lowest BCUT2D eigenvalue weighted by Crippen LogP contribution is -2.35. The van der Waals surface area contributed by atoms with Crippen LogP contribution in [0.1, 0.15) is 40.1 Å². The molecule has 0 aromatic carbocycles. The van der Waals surface area contributed by atoms with Gasteiger partial charge in [-0.05, 0) is 34.5 Å². The molecular weight excluding hydrogens is 468 g/mol. The fraction of sp³-hybridized carbons (Fsp3) is 0.200. The van der Waals surface area contributed by atoms with Crippen LogP contribution in [-0.2, 0) is 14.8 Å². The number of fused-ring (bicyclic) bond motifs is 1. The summed E-state index contributed by atoms with van der Waals surface area (Å²) in [6.45, 7) is 0. The molecule has 0 fully saturated rings. The molecule has 0 aliphatic carbocycles. The van der Waals surface area contributed by atoms with Crippen LogP contribution in [-0.4, -0.2) is 41.6 Å². The topological polar surface area (TPSA) is 168 Å². The third-order valence-electron chi connectivity index (χ3n) is 5.01. The van der Waals surface area contributed by atoms with Gasteiger partial charge in [-0.3, -0.25) is 9.52 Å². The van der Waals surface area contributed by atoms with Crippen molar-refractivity contribution in [1.29, 1.82) is 0 Å². The number of anilines is 3. The summed E-state index contributed by atoms with van der Waals surface area (Å²) in [6.07, 6.45) is 3.19. The number of nitrogens with zero attached hydrogens (tertiary/aromatic N) is 3. The first-order valence-electron chi connectivity index (χ1n) is 9.65. The van der Waals surface area contributed by atoms with Gasteiger partial charge in [0.1, 0.15) is 12.0 Å². The van der Waals surface area contributed by atoms with E-state index < -0.39 is 34.1 Å². The highest BCUT2D eigenvalue weighted by atomic mass is 32.2. The number of primary amides is 1. The second-order valence-electron chi connectivity index (χ2n) is 7.41. The lowest BCUT2D eigenvalue weighted by Gasteiger charge is -2.34. The van der Waals surface area contributed by atoms with Crippen LogP contribution in [0.4, 0.5) is 17.3 Å². The molecule has 33 heavy (non-hydrogen) atoms. The number of nitrogens with one attached hydrogen (secondary N) is 2. The molecule has 13 heteroatoms. The first-order chi connectivity index (χ1) is 15.6. The summed E-state index contributed by atoms with van der Waals surface area (Å²) in [7, 11) is -3.52. The minimum Gasteiger partial charge on any atom is -0.478 e. The number of aromatic carboxylic acids is 1. The molecule has 172 valence electrons. The first kappa shape index (κ1) is 22.5. The third kappa shape index (κ3) is 4.73. The van der Waals surface area contributed by atoms with Gasteiger partial charge in [-0.1, -0.05) is 6.07 Å². The van der Waals surface area contributed by atoms with E-state index in [4.69, 9.17) is 5.73 Å². The van der Waals surface area contributed by atoms with Crippen LogP contribution in [0.15, 0.2) is 47.4 Å². The van der Waals surface area contributed by atoms with E-state index in [1.54, 1.807) is 11.0 Å². The number of hydrogen-bond donors (Lipinski definition) is 4. The van der Waals surface area contributed by atoms with Crippen molar-refractivity contribution < 1.29 is 23.1 Å². The molecule has 4 heterocycles. The van der Waals surface area contributed by atoms with Crippen molar-refractivity contribution in [1.82, 2.24) is 9.97 Å². The molecule has 0 saturated heterocycles. The van der Waals surface area contributed by atoms with E-state index in [2.05, 4.69) is 20.0 Å². The van der Waals surface area contributed by atoms with E-state index in [9.17, 15) is 23.1 Å². The Morgan fingerprint density at radius 3 is 2.67 bits per heavy atom. The summed E-state index contributed by atoms with van der Waals surface area (Å²) in [5.41, 5.74) is 7.31. The number of pyridine rings is 2. The zero-order chi connectivity index (χ0) is 23.8. The molecule has 0 spiro atoms. The van der Waals surface area contributed by atoms with E-state index in [0.29, 0.717) is 17.1 Å². The highest BCUT2D eigenvalue weighted by Crippen LogP contribution is 2.48. The SMILES string of the molecule is CS(=O)(=O)Nc1ccc(C(CC(N)=O)N2c3c(C(=O)O)ccnc3NC2c2ccsc2)cn1. The molecule has 4 rings (SSSR count). The minimum atomic E-state index is -3.52. The highest BCUT2D eigenvalue weighted by molar-refractivity contribution is 7.92. The number of sulfonamides is 1. The van der Waals surface area contributed by atoms with Crippen molar-refractivity contribution in [3.05, 3.63) is 64.1 Å². The fourth-order valence-corrected chi connectivity index (χ4v) is 4.93. The Morgan fingerprint density at radius 1 is 1.30 bits per heavy atom. The molecule has 2 unspecified atom stereocenters. The van der Waals surface area contributed by atoms with Crippen LogP contribution in [0.25, 0.3) is 0 Å². The minimum absolute atomic E-state index is 0.0167. The predicted molar refractivity (Wildman–Crippen MR) is 124 cm³/mol. The van der Waals surface area contributed by atoms with Gasteiger partial charge in [0.2, 0.25) is 15.9 Å². The van der Waals surface area contributed by atoms with Gasteiger partial charge in [-0.2, -0.15) is 11.3 Å². The van der Waals surface area contributed by atoms with Crippen molar-refractivity contribution in [2.75, 3.05) is 21.2 Å². The van der Waals surface area contributed by atoms with E-state index >= 15 is 0 Å². The first-order valence-corrected chi connectivity index (χ1v) is 12.5. The number of rotatable bonds is 8. The Morgan fingerprint density at radius 2 is 2.09 bits per heavy atom. The van der Waals surface area contributed by atoms with E-state index in [-0.39, 0.29) is 17.8 Å². The number of amides is 1. The lowest BCUT2D eigenvalue weighted by molar-refractivity contribution is -0.118. The van der Waals surface area contributed by atoms with Gasteiger partial charge in [0.05, 0.1) is 30.0 Å². The van der Waals surface area contributed by atoms with Gasteiger partial charge in [0.25, 0.3) is 0 Å². The number of aromatic nitrogens is 2. The van der Waals surface area contributed by atoms with Crippen molar-refractivity contribution >= 4 is 50.6 Å². The van der Waals surface area contributed by atoms with Crippen LogP contribution >= 0.6 is 11.3 Å². The standard InChI is InChI=1S/C20H20N6O5S2/c1-33(30,31)25-16-3-2-11(9-23-16)14(8-15(21)27)26-17-13(20(28)29)4-6-22-18(17)24-19(26)12-5-7-32-10-12/h2-7,9-10,14,19H,8H2,1H3,(H2,21,27)(H,22,24)(H,23,25)(H,28,29). The van der Waals surface area contributed by atoms with Gasteiger partial charge in [0.15, 0.2) is 5.82 Å². The number of carboxylic acid groups (broad SMARTS) is 1. The average Bonchev–Trinajstić information content (AvgIpc) is 3.39. The van der Waals surface area contributed by atoms with E-state index in [0.717, 1.165) is 11.8 Å². The summed E-state index contributed by atoms with van der Waals surface area (Å²) in [5, 5.41) is 16.9. The van der Waals surface area contributed by atoms with Crippen LogP contribution < -0.4 is 20.7 Å². The molecule has 11 nitrogen and oxygen atoms in total. The second-order valence-corrected chi connectivity index (χ2v) is 9.94. The van der Waals surface area contributed by atoms with Crippen LogP contribution in [0.3, 0.4) is 0 Å². The molecule has 1 aliphatic heterocycles. The molecule has 1 amide bonds. The zero-order valence-electron chi connectivity index (χ0n) is 17.3. The van der Waals surface area contributed by atoms with Gasteiger partial charge < -0.3 is 21.1 Å². The van der Waals surface area contributed by atoms with Crippen LogP contribution in [0.2, 0.25) is 0 Å². The summed E-state index contributed by atoms with van der Waals surface area (Å²) in [4.78, 5) is 34.3. The lowest BCUT2D eigenvalue weighted by atomic mass is 10.0. The number of nitrogens with two attached hydrogens (primary N) is 1. The van der Waals surface area contributed by atoms with Gasteiger partial charge in [-0.25, -0.2) is 23.2 Å². The van der Waals surface area contributed by atoms with Gasteiger partial charge >= 0.3 is 5.97 Å². The summed E-state index contributed by atoms with van der Waals surface area (Å²) >= 11 is 1.47. The van der Waals surface area contributed by atoms with Crippen LogP contribution in [0.5, 0.6) is 0 Å². The zero-order valence-corrected chi connectivity index (χ0v) is 18.9. The maximum Gasteiger partial charge on any atom is 0.338 e. The fourth-order valence-electron chi connectivity index (χ4n) is 3.75. The van der Waals surface area contributed by atoms with Gasteiger partial charge in [0, 0.05) is 18.0 Å². The Labute approximate surface area is 193 Å². The monoisotopic (exact) mass is 488 g/mol. The molecule has 0 bridgehead atoms. The molecule has 3 aromatic rings. The Bertz CT molecular complexity index is 1290. The average molecular weight is 489 g/mol. The quantitative estimate of drug-likeness (QED) is 0.371. The summed E-state index contributed by atoms with van der Waals surface area (Å²) in [5.74, 6) is -1.27. The van der Waals surface area contributed by atoms with E-state index in [1.807, 2.05) is 16.8 Å². The number of thiophene rings is 1. The predicted octanol–water partition coefficient (Wildman–Crippen LogP) is 2.16. The largest absolute Gasteiger partial charge is 0.478 e. The summed E-state index contributed by atoms with van der Waals surface area (Å²) < 4.78 is 25.3.